The van der Waals surface area contributed by atoms with Crippen molar-refractivity contribution >= 4 is 6.41 Å². The summed E-state index contributed by atoms with van der Waals surface area (Å²) in [4.78, 5) is 15.0. The van der Waals surface area contributed by atoms with Crippen LogP contribution in [0.2, 0.25) is 0 Å². The van der Waals surface area contributed by atoms with E-state index in [-0.39, 0.29) is 0 Å². The smallest absolute Gasteiger partial charge is 0.210 e. The van der Waals surface area contributed by atoms with Gasteiger partial charge in [-0.05, 0) is 39.8 Å². The minimum absolute atomic E-state index is 0.369. The van der Waals surface area contributed by atoms with Crippen molar-refractivity contribution in [3.63, 3.8) is 0 Å². The molecular formula is C12H22N2O2. The number of carbonyl (C=O) groups is 1. The third-order valence-corrected chi connectivity index (χ3v) is 3.76. The van der Waals surface area contributed by atoms with E-state index >= 15 is 0 Å². The van der Waals surface area contributed by atoms with Crippen molar-refractivity contribution in [3.8, 4) is 0 Å². The van der Waals surface area contributed by atoms with Gasteiger partial charge in [-0.25, -0.2) is 0 Å². The number of ether oxygens (including phenoxy) is 1. The fourth-order valence-electron chi connectivity index (χ4n) is 2.87. The number of hydrogen-bond donors (Lipinski definition) is 0. The molecule has 2 fully saturated rings. The predicted molar refractivity (Wildman–Crippen MR) is 62.2 cm³/mol. The van der Waals surface area contributed by atoms with Gasteiger partial charge in [0.1, 0.15) is 0 Å². The SMILES string of the molecule is CN(C)CCOC1CC2CCC(C1)N2C=O. The van der Waals surface area contributed by atoms with Crippen molar-refractivity contribution in [1.82, 2.24) is 9.80 Å². The molecule has 0 aromatic heterocycles. The van der Waals surface area contributed by atoms with Gasteiger partial charge in [0.05, 0.1) is 12.7 Å². The molecular weight excluding hydrogens is 204 g/mol. The van der Waals surface area contributed by atoms with Crippen LogP contribution in [0.1, 0.15) is 25.7 Å². The Morgan fingerprint density at radius 1 is 1.31 bits per heavy atom. The number of rotatable bonds is 5. The second kappa shape index (κ2) is 5.15. The largest absolute Gasteiger partial charge is 0.377 e. The number of fused-ring (bicyclic) bond motifs is 2. The third-order valence-electron chi connectivity index (χ3n) is 3.76. The van der Waals surface area contributed by atoms with E-state index in [0.29, 0.717) is 18.2 Å². The first-order valence-corrected chi connectivity index (χ1v) is 6.19. The molecule has 2 aliphatic rings. The van der Waals surface area contributed by atoms with E-state index in [0.717, 1.165) is 45.2 Å². The van der Waals surface area contributed by atoms with Crippen molar-refractivity contribution in [2.75, 3.05) is 27.2 Å². The lowest BCUT2D eigenvalue weighted by molar-refractivity contribution is -0.125. The fraction of sp³-hybridized carbons (Fsp3) is 0.917. The van der Waals surface area contributed by atoms with E-state index < -0.39 is 0 Å². The molecule has 0 aromatic carbocycles. The van der Waals surface area contributed by atoms with E-state index in [1.807, 2.05) is 4.90 Å². The van der Waals surface area contributed by atoms with Crippen LogP contribution in [0, 0.1) is 0 Å². The Balaban J connectivity index is 1.77. The Morgan fingerprint density at radius 3 is 2.44 bits per heavy atom. The Labute approximate surface area is 97.5 Å². The van der Waals surface area contributed by atoms with Crippen LogP contribution >= 0.6 is 0 Å². The summed E-state index contributed by atoms with van der Waals surface area (Å²) in [6, 6.07) is 0.890. The first kappa shape index (κ1) is 11.9. The molecule has 0 aliphatic carbocycles. The van der Waals surface area contributed by atoms with Crippen LogP contribution in [0.4, 0.5) is 0 Å². The van der Waals surface area contributed by atoms with Gasteiger partial charge in [0.2, 0.25) is 6.41 Å². The van der Waals surface area contributed by atoms with Gasteiger partial charge in [-0.2, -0.15) is 0 Å². The molecule has 2 saturated heterocycles. The second-order valence-corrected chi connectivity index (χ2v) is 5.21. The molecule has 0 radical (unpaired) electrons. The number of piperidine rings is 1. The van der Waals surface area contributed by atoms with E-state index in [9.17, 15) is 4.79 Å². The normalized spacial score (nSPS) is 33.4. The predicted octanol–water partition coefficient (Wildman–Crippen LogP) is 0.716. The molecule has 0 spiro atoms. The summed E-state index contributed by atoms with van der Waals surface area (Å²) in [6.45, 7) is 1.78. The Bertz CT molecular complexity index is 231. The molecule has 2 unspecified atom stereocenters. The third kappa shape index (κ3) is 2.55. The van der Waals surface area contributed by atoms with E-state index in [2.05, 4.69) is 19.0 Å². The highest BCUT2D eigenvalue weighted by Gasteiger charge is 2.40. The molecule has 2 heterocycles. The summed E-state index contributed by atoms with van der Waals surface area (Å²) in [5, 5.41) is 0. The number of carbonyl (C=O) groups excluding carboxylic acids is 1. The monoisotopic (exact) mass is 226 g/mol. The van der Waals surface area contributed by atoms with Gasteiger partial charge >= 0.3 is 0 Å². The van der Waals surface area contributed by atoms with Crippen molar-refractivity contribution < 1.29 is 9.53 Å². The van der Waals surface area contributed by atoms with Crippen LogP contribution in [-0.2, 0) is 9.53 Å². The molecule has 4 nitrogen and oxygen atoms in total. The Hall–Kier alpha value is -0.610. The molecule has 1 amide bonds. The van der Waals surface area contributed by atoms with Crippen LogP contribution in [0.15, 0.2) is 0 Å². The van der Waals surface area contributed by atoms with Crippen LogP contribution < -0.4 is 0 Å². The quantitative estimate of drug-likeness (QED) is 0.647. The van der Waals surface area contributed by atoms with E-state index in [1.165, 1.54) is 0 Å². The Kier molecular flexibility index (Phi) is 3.82. The first-order valence-electron chi connectivity index (χ1n) is 6.19. The summed E-state index contributed by atoms with van der Waals surface area (Å²) in [5.74, 6) is 0. The van der Waals surface area contributed by atoms with Gasteiger partial charge < -0.3 is 14.5 Å². The summed E-state index contributed by atoms with van der Waals surface area (Å²) in [5.41, 5.74) is 0. The lowest BCUT2D eigenvalue weighted by Gasteiger charge is -2.36. The Morgan fingerprint density at radius 2 is 1.94 bits per heavy atom. The number of amides is 1. The van der Waals surface area contributed by atoms with Gasteiger partial charge in [-0.3, -0.25) is 4.79 Å². The highest BCUT2D eigenvalue weighted by Crippen LogP contribution is 2.35. The molecule has 4 heteroatoms. The maximum Gasteiger partial charge on any atom is 0.210 e. The van der Waals surface area contributed by atoms with Gasteiger partial charge in [0.25, 0.3) is 0 Å². The van der Waals surface area contributed by atoms with Crippen molar-refractivity contribution in [2.24, 2.45) is 0 Å². The summed E-state index contributed by atoms with van der Waals surface area (Å²) >= 11 is 0. The minimum Gasteiger partial charge on any atom is -0.377 e. The van der Waals surface area contributed by atoms with Crippen LogP contribution in [0.3, 0.4) is 0 Å². The average molecular weight is 226 g/mol. The van der Waals surface area contributed by atoms with Crippen LogP contribution in [0.25, 0.3) is 0 Å². The van der Waals surface area contributed by atoms with E-state index in [1.54, 1.807) is 0 Å². The number of hydrogen-bond acceptors (Lipinski definition) is 3. The topological polar surface area (TPSA) is 32.8 Å². The molecule has 2 bridgehead atoms. The van der Waals surface area contributed by atoms with E-state index in [4.69, 9.17) is 4.74 Å². The summed E-state index contributed by atoms with van der Waals surface area (Å²) in [6.07, 6.45) is 5.78. The molecule has 92 valence electrons. The highest BCUT2D eigenvalue weighted by atomic mass is 16.5. The lowest BCUT2D eigenvalue weighted by Crippen LogP contribution is -2.44. The summed E-state index contributed by atoms with van der Waals surface area (Å²) in [7, 11) is 4.12. The minimum atomic E-state index is 0.369. The number of likely N-dealkylation sites (N-methyl/N-ethyl adjacent to an activating group) is 1. The van der Waals surface area contributed by atoms with Crippen molar-refractivity contribution in [3.05, 3.63) is 0 Å². The molecule has 0 aromatic rings. The number of nitrogens with zero attached hydrogens (tertiary/aromatic N) is 2. The zero-order chi connectivity index (χ0) is 11.5. The molecule has 2 atom stereocenters. The standard InChI is InChI=1S/C12H22N2O2/c1-13(2)5-6-16-12-7-10-3-4-11(8-12)14(10)9-15/h9-12H,3-8H2,1-2H3. The highest BCUT2D eigenvalue weighted by molar-refractivity contribution is 5.49. The lowest BCUT2D eigenvalue weighted by atomic mass is 10.0. The zero-order valence-corrected chi connectivity index (χ0v) is 10.3. The van der Waals surface area contributed by atoms with Gasteiger partial charge in [-0.15, -0.1) is 0 Å². The molecule has 2 rings (SSSR count). The molecule has 2 aliphatic heterocycles. The maximum absolute atomic E-state index is 10.9. The zero-order valence-electron chi connectivity index (χ0n) is 10.3. The van der Waals surface area contributed by atoms with Crippen LogP contribution in [-0.4, -0.2) is 61.6 Å². The van der Waals surface area contributed by atoms with Gasteiger partial charge in [0, 0.05) is 18.6 Å². The first-order chi connectivity index (χ1) is 7.70. The maximum atomic E-state index is 10.9. The van der Waals surface area contributed by atoms with Gasteiger partial charge in [0.15, 0.2) is 0 Å². The molecule has 16 heavy (non-hydrogen) atoms. The van der Waals surface area contributed by atoms with Crippen LogP contribution in [0.5, 0.6) is 0 Å². The molecule has 0 saturated carbocycles. The van der Waals surface area contributed by atoms with Gasteiger partial charge in [-0.1, -0.05) is 0 Å². The van der Waals surface area contributed by atoms with Crippen molar-refractivity contribution in [1.29, 1.82) is 0 Å². The summed E-state index contributed by atoms with van der Waals surface area (Å²) < 4.78 is 5.88. The fourth-order valence-corrected chi connectivity index (χ4v) is 2.87. The van der Waals surface area contributed by atoms with Crippen molar-refractivity contribution in [2.45, 2.75) is 43.9 Å². The average Bonchev–Trinajstić information content (AvgIpc) is 2.48. The molecule has 0 N–H and O–H groups in total. The second-order valence-electron chi connectivity index (χ2n) is 5.21.